The summed E-state index contributed by atoms with van der Waals surface area (Å²) in [7, 11) is 0. The second-order valence-corrected chi connectivity index (χ2v) is 6.72. The van der Waals surface area contributed by atoms with E-state index < -0.39 is 0 Å². The van der Waals surface area contributed by atoms with Gasteiger partial charge in [-0.1, -0.05) is 13.8 Å². The van der Waals surface area contributed by atoms with Crippen molar-refractivity contribution in [1.82, 2.24) is 24.8 Å². The molecule has 2 aromatic rings. The Morgan fingerprint density at radius 2 is 1.92 bits per heavy atom. The summed E-state index contributed by atoms with van der Waals surface area (Å²) in [6.07, 6.45) is 7.88. The Morgan fingerprint density at radius 1 is 1.20 bits per heavy atom. The maximum atomic E-state index is 12.1. The first-order chi connectivity index (χ1) is 12.1. The minimum absolute atomic E-state index is 0.0762. The van der Waals surface area contributed by atoms with Crippen LogP contribution in [-0.2, 0) is 11.2 Å². The van der Waals surface area contributed by atoms with E-state index >= 15 is 0 Å². The van der Waals surface area contributed by atoms with Gasteiger partial charge in [0.05, 0.1) is 0 Å². The highest BCUT2D eigenvalue weighted by Crippen LogP contribution is 2.23. The first kappa shape index (κ1) is 17.3. The molecular formula is C18H24N6O. The summed E-state index contributed by atoms with van der Waals surface area (Å²) in [6.45, 7) is 5.60. The quantitative estimate of drug-likeness (QED) is 0.900. The lowest BCUT2D eigenvalue weighted by Gasteiger charge is -2.33. The maximum absolute atomic E-state index is 12.1. The molecule has 7 heteroatoms. The zero-order valence-electron chi connectivity index (χ0n) is 14.7. The molecule has 1 aliphatic rings. The van der Waals surface area contributed by atoms with Gasteiger partial charge in [-0.3, -0.25) is 4.79 Å². The third-order valence-electron chi connectivity index (χ3n) is 4.45. The summed E-state index contributed by atoms with van der Waals surface area (Å²) in [5.74, 6) is 2.10. The number of carbonyl (C=O) groups is 1. The molecule has 0 aliphatic carbocycles. The Bertz CT molecular complexity index is 698. The minimum Gasteiger partial charge on any atom is -0.342 e. The highest BCUT2D eigenvalue weighted by Gasteiger charge is 2.24. The zero-order chi connectivity index (χ0) is 17.6. The average molecular weight is 340 g/mol. The van der Waals surface area contributed by atoms with E-state index in [1.807, 2.05) is 24.8 Å². The second kappa shape index (κ2) is 8.00. The normalized spacial score (nSPS) is 15.4. The number of anilines is 2. The van der Waals surface area contributed by atoms with Crippen molar-refractivity contribution >= 4 is 17.7 Å². The monoisotopic (exact) mass is 340 g/mol. The molecule has 3 rings (SSSR count). The fraction of sp³-hybridized carbons (Fsp3) is 0.500. The van der Waals surface area contributed by atoms with Crippen molar-refractivity contribution in [2.45, 2.75) is 33.1 Å². The lowest BCUT2D eigenvalue weighted by atomic mass is 9.91. The molecule has 0 spiro atoms. The number of amides is 1. The van der Waals surface area contributed by atoms with Crippen molar-refractivity contribution in [3.8, 4) is 0 Å². The van der Waals surface area contributed by atoms with E-state index in [4.69, 9.17) is 0 Å². The number of likely N-dealkylation sites (tertiary alicyclic amines) is 1. The van der Waals surface area contributed by atoms with E-state index in [0.29, 0.717) is 17.7 Å². The van der Waals surface area contributed by atoms with Crippen LogP contribution in [0.1, 0.15) is 32.4 Å². The van der Waals surface area contributed by atoms with E-state index in [9.17, 15) is 4.79 Å². The summed E-state index contributed by atoms with van der Waals surface area (Å²) in [6, 6.07) is 3.72. The highest BCUT2D eigenvalue weighted by molar-refractivity contribution is 5.78. The van der Waals surface area contributed by atoms with Gasteiger partial charge in [0.2, 0.25) is 11.9 Å². The van der Waals surface area contributed by atoms with Gasteiger partial charge >= 0.3 is 0 Å². The Morgan fingerprint density at radius 3 is 2.60 bits per heavy atom. The Kier molecular flexibility index (Phi) is 5.53. The van der Waals surface area contributed by atoms with Gasteiger partial charge in [0, 0.05) is 43.2 Å². The second-order valence-electron chi connectivity index (χ2n) is 6.72. The third kappa shape index (κ3) is 4.71. The lowest BCUT2D eigenvalue weighted by Crippen LogP contribution is -2.41. The van der Waals surface area contributed by atoms with Crippen molar-refractivity contribution in [3.05, 3.63) is 36.5 Å². The van der Waals surface area contributed by atoms with E-state index in [1.165, 1.54) is 0 Å². The third-order valence-corrected chi connectivity index (χ3v) is 4.45. The summed E-state index contributed by atoms with van der Waals surface area (Å²) in [5.41, 5.74) is 1.00. The Hall–Kier alpha value is -2.57. The van der Waals surface area contributed by atoms with Gasteiger partial charge in [0.15, 0.2) is 0 Å². The van der Waals surface area contributed by atoms with Crippen LogP contribution in [0.3, 0.4) is 0 Å². The molecule has 1 N–H and O–H groups in total. The average Bonchev–Trinajstić information content (AvgIpc) is 2.63. The number of nitrogens with one attached hydrogen (secondary N) is 1. The SMILES string of the molecule is CC(C)C(=O)N1CCC(Cc2cc(Nc3ncccn3)ncn2)CC1. The predicted octanol–water partition coefficient (Wildman–Crippen LogP) is 2.45. The van der Waals surface area contributed by atoms with Crippen molar-refractivity contribution in [1.29, 1.82) is 0 Å². The number of nitrogens with zero attached hydrogens (tertiary/aromatic N) is 5. The van der Waals surface area contributed by atoms with Crippen LogP contribution >= 0.6 is 0 Å². The van der Waals surface area contributed by atoms with E-state index in [-0.39, 0.29) is 11.8 Å². The number of hydrogen-bond acceptors (Lipinski definition) is 6. The van der Waals surface area contributed by atoms with Crippen molar-refractivity contribution in [2.75, 3.05) is 18.4 Å². The molecule has 1 aliphatic heterocycles. The minimum atomic E-state index is 0.0762. The van der Waals surface area contributed by atoms with Crippen LogP contribution in [0.5, 0.6) is 0 Å². The topological polar surface area (TPSA) is 83.9 Å². The summed E-state index contributed by atoms with van der Waals surface area (Å²) in [4.78, 5) is 30.9. The van der Waals surface area contributed by atoms with E-state index in [2.05, 4.69) is 25.3 Å². The molecule has 132 valence electrons. The van der Waals surface area contributed by atoms with Gasteiger partial charge < -0.3 is 10.2 Å². The molecule has 0 bridgehead atoms. The zero-order valence-corrected chi connectivity index (χ0v) is 14.7. The standard InChI is InChI=1S/C18H24N6O/c1-13(2)17(25)24-8-4-14(5-9-24)10-15-11-16(22-12-21-15)23-18-19-6-3-7-20-18/h3,6-7,11-14H,4-5,8-10H2,1-2H3,(H,19,20,21,22,23). The molecule has 1 saturated heterocycles. The molecule has 7 nitrogen and oxygen atoms in total. The molecule has 1 fully saturated rings. The molecule has 3 heterocycles. The number of piperidine rings is 1. The molecule has 25 heavy (non-hydrogen) atoms. The summed E-state index contributed by atoms with van der Waals surface area (Å²) < 4.78 is 0. The van der Waals surface area contributed by atoms with Crippen LogP contribution in [0, 0.1) is 11.8 Å². The van der Waals surface area contributed by atoms with Crippen LogP contribution in [-0.4, -0.2) is 43.8 Å². The molecule has 0 unspecified atom stereocenters. The molecular weight excluding hydrogens is 316 g/mol. The molecule has 0 saturated carbocycles. The number of aromatic nitrogens is 4. The molecule has 0 atom stereocenters. The van der Waals surface area contributed by atoms with Gasteiger partial charge in [0.25, 0.3) is 0 Å². The van der Waals surface area contributed by atoms with Crippen LogP contribution in [0.15, 0.2) is 30.9 Å². The van der Waals surface area contributed by atoms with Crippen LogP contribution in [0.2, 0.25) is 0 Å². The van der Waals surface area contributed by atoms with Crippen LogP contribution in [0.4, 0.5) is 11.8 Å². The van der Waals surface area contributed by atoms with Gasteiger partial charge in [-0.15, -0.1) is 0 Å². The first-order valence-electron chi connectivity index (χ1n) is 8.75. The van der Waals surface area contributed by atoms with Crippen LogP contribution in [0.25, 0.3) is 0 Å². The van der Waals surface area contributed by atoms with Crippen molar-refractivity contribution < 1.29 is 4.79 Å². The fourth-order valence-electron chi connectivity index (χ4n) is 3.07. The molecule has 1 amide bonds. The Balaban J connectivity index is 1.55. The van der Waals surface area contributed by atoms with Gasteiger partial charge in [0.1, 0.15) is 12.1 Å². The van der Waals surface area contributed by atoms with Gasteiger partial charge in [-0.25, -0.2) is 19.9 Å². The van der Waals surface area contributed by atoms with Crippen LogP contribution < -0.4 is 5.32 Å². The highest BCUT2D eigenvalue weighted by atomic mass is 16.2. The Labute approximate surface area is 147 Å². The number of hydrogen-bond donors (Lipinski definition) is 1. The predicted molar refractivity (Wildman–Crippen MR) is 95.2 cm³/mol. The molecule has 2 aromatic heterocycles. The largest absolute Gasteiger partial charge is 0.342 e. The summed E-state index contributed by atoms with van der Waals surface area (Å²) in [5, 5.41) is 3.09. The maximum Gasteiger partial charge on any atom is 0.228 e. The van der Waals surface area contributed by atoms with Crippen molar-refractivity contribution in [3.63, 3.8) is 0 Å². The summed E-state index contributed by atoms with van der Waals surface area (Å²) >= 11 is 0. The molecule has 0 radical (unpaired) electrons. The number of rotatable bonds is 5. The van der Waals surface area contributed by atoms with Gasteiger partial charge in [-0.2, -0.15) is 0 Å². The van der Waals surface area contributed by atoms with E-state index in [0.717, 1.165) is 38.0 Å². The fourth-order valence-corrected chi connectivity index (χ4v) is 3.07. The smallest absolute Gasteiger partial charge is 0.228 e. The van der Waals surface area contributed by atoms with Crippen molar-refractivity contribution in [2.24, 2.45) is 11.8 Å². The van der Waals surface area contributed by atoms with E-state index in [1.54, 1.807) is 24.8 Å². The molecule has 0 aromatic carbocycles. The van der Waals surface area contributed by atoms with Gasteiger partial charge in [-0.05, 0) is 31.2 Å². The lowest BCUT2D eigenvalue weighted by molar-refractivity contribution is -0.135. The first-order valence-corrected chi connectivity index (χ1v) is 8.75. The number of carbonyl (C=O) groups excluding carboxylic acids is 1.